The molecule has 0 aromatic carbocycles. The molecule has 0 atom stereocenters. The Morgan fingerprint density at radius 1 is 0.800 bits per heavy atom. The number of hydrogen-bond acceptors (Lipinski definition) is 2. The second-order valence-electron chi connectivity index (χ2n) is 7.41. The highest BCUT2D eigenvalue weighted by atomic mass is 16.5. The van der Waals surface area contributed by atoms with E-state index in [2.05, 4.69) is 20.4 Å². The molecule has 0 amide bonds. The van der Waals surface area contributed by atoms with Crippen LogP contribution in [0.5, 0.6) is 0 Å². The second-order valence-corrected chi connectivity index (χ2v) is 7.41. The van der Waals surface area contributed by atoms with E-state index < -0.39 is 0 Å². The number of carbonyl (C=O) groups is 1. The zero-order chi connectivity index (χ0) is 18.6. The van der Waals surface area contributed by atoms with Crippen LogP contribution in [0.4, 0.5) is 0 Å². The van der Waals surface area contributed by atoms with Crippen molar-refractivity contribution in [2.45, 2.75) is 117 Å². The highest BCUT2D eigenvalue weighted by molar-refractivity contribution is 5.72. The molecule has 0 N–H and O–H groups in total. The van der Waals surface area contributed by atoms with Crippen LogP contribution in [0.2, 0.25) is 0 Å². The van der Waals surface area contributed by atoms with Crippen LogP contribution in [-0.2, 0) is 9.53 Å². The highest BCUT2D eigenvalue weighted by Crippen LogP contribution is 2.21. The first kappa shape index (κ1) is 24.2. The minimum Gasteiger partial charge on any atom is -0.465 e. The molecule has 0 spiro atoms. The van der Waals surface area contributed by atoms with E-state index in [0.717, 1.165) is 25.7 Å². The molecular formula is C23H44O2. The van der Waals surface area contributed by atoms with Gasteiger partial charge in [0.25, 0.3) is 0 Å². The Morgan fingerprint density at radius 3 is 1.76 bits per heavy atom. The number of carbonyl (C=O) groups excluding carboxylic acids is 1. The van der Waals surface area contributed by atoms with Gasteiger partial charge < -0.3 is 4.74 Å². The molecule has 148 valence electrons. The lowest BCUT2D eigenvalue weighted by molar-refractivity contribution is -0.149. The molecule has 0 rings (SSSR count). The van der Waals surface area contributed by atoms with E-state index in [1.165, 1.54) is 77.0 Å². The standard InChI is InChI=1S/C23H44O2/c1-4-7-10-12-14-16-19-22(20-17-15-13-11-8-5-2)23(24)25-21-18-9-6-3/h6,22H,3-5,7-21H2,1-2H3. The topological polar surface area (TPSA) is 26.3 Å². The fourth-order valence-corrected chi connectivity index (χ4v) is 3.24. The van der Waals surface area contributed by atoms with Gasteiger partial charge in [-0.1, -0.05) is 97.0 Å². The van der Waals surface area contributed by atoms with Crippen molar-refractivity contribution in [2.24, 2.45) is 5.92 Å². The summed E-state index contributed by atoms with van der Waals surface area (Å²) in [6.45, 7) is 8.76. The summed E-state index contributed by atoms with van der Waals surface area (Å²) in [6.07, 6.45) is 21.2. The molecule has 0 unspecified atom stereocenters. The molecular weight excluding hydrogens is 308 g/mol. The zero-order valence-corrected chi connectivity index (χ0v) is 17.2. The Labute approximate surface area is 157 Å². The predicted octanol–water partition coefficient (Wildman–Crippen LogP) is 7.61. The number of rotatable bonds is 19. The first-order valence-electron chi connectivity index (χ1n) is 11.0. The molecule has 0 aromatic heterocycles. The third kappa shape index (κ3) is 16.4. The molecule has 0 bridgehead atoms. The summed E-state index contributed by atoms with van der Waals surface area (Å²) in [7, 11) is 0. The Bertz CT molecular complexity index is 282. The maximum absolute atomic E-state index is 12.4. The average molecular weight is 353 g/mol. The maximum atomic E-state index is 12.4. The quantitative estimate of drug-likeness (QED) is 0.136. The minimum atomic E-state index is 0.0474. The van der Waals surface area contributed by atoms with Gasteiger partial charge in [0.05, 0.1) is 12.5 Å². The van der Waals surface area contributed by atoms with E-state index in [1.807, 2.05) is 6.08 Å². The lowest BCUT2D eigenvalue weighted by Crippen LogP contribution is -2.18. The minimum absolute atomic E-state index is 0.0474. The molecule has 2 heteroatoms. The van der Waals surface area contributed by atoms with E-state index in [1.54, 1.807) is 0 Å². The van der Waals surface area contributed by atoms with Crippen molar-refractivity contribution >= 4 is 5.97 Å². The average Bonchev–Trinajstić information content (AvgIpc) is 2.62. The van der Waals surface area contributed by atoms with Crippen molar-refractivity contribution in [1.29, 1.82) is 0 Å². The summed E-state index contributed by atoms with van der Waals surface area (Å²) in [5.74, 6) is 0.173. The molecule has 0 aromatic rings. The van der Waals surface area contributed by atoms with Crippen molar-refractivity contribution in [3.05, 3.63) is 12.7 Å². The van der Waals surface area contributed by atoms with Gasteiger partial charge in [0.15, 0.2) is 0 Å². The molecule has 0 aliphatic heterocycles. The monoisotopic (exact) mass is 352 g/mol. The summed E-state index contributed by atoms with van der Waals surface area (Å²) in [5.41, 5.74) is 0. The van der Waals surface area contributed by atoms with Crippen LogP contribution in [0.25, 0.3) is 0 Å². The number of ether oxygens (including phenoxy) is 1. The van der Waals surface area contributed by atoms with Crippen LogP contribution in [0.15, 0.2) is 12.7 Å². The third-order valence-electron chi connectivity index (χ3n) is 4.94. The smallest absolute Gasteiger partial charge is 0.308 e. The van der Waals surface area contributed by atoms with Crippen molar-refractivity contribution < 1.29 is 9.53 Å². The van der Waals surface area contributed by atoms with Gasteiger partial charge in [-0.2, -0.15) is 0 Å². The number of unbranched alkanes of at least 4 members (excludes halogenated alkanes) is 11. The van der Waals surface area contributed by atoms with Gasteiger partial charge in [0.2, 0.25) is 0 Å². The van der Waals surface area contributed by atoms with Crippen LogP contribution in [0.1, 0.15) is 117 Å². The third-order valence-corrected chi connectivity index (χ3v) is 4.94. The van der Waals surface area contributed by atoms with Gasteiger partial charge in [0.1, 0.15) is 0 Å². The maximum Gasteiger partial charge on any atom is 0.308 e. The SMILES string of the molecule is C=CCCCOC(=O)C(CCCCCCCC)CCCCCCCC. The normalized spacial score (nSPS) is 11.0. The molecule has 0 saturated heterocycles. The van der Waals surface area contributed by atoms with E-state index in [4.69, 9.17) is 4.74 Å². The number of esters is 1. The molecule has 0 aliphatic rings. The fourth-order valence-electron chi connectivity index (χ4n) is 3.24. The van der Waals surface area contributed by atoms with Gasteiger partial charge in [0, 0.05) is 0 Å². The molecule has 0 fully saturated rings. The van der Waals surface area contributed by atoms with Crippen molar-refractivity contribution in [1.82, 2.24) is 0 Å². The van der Waals surface area contributed by atoms with Crippen LogP contribution < -0.4 is 0 Å². The highest BCUT2D eigenvalue weighted by Gasteiger charge is 2.19. The summed E-state index contributed by atoms with van der Waals surface area (Å²) in [6, 6.07) is 0. The van der Waals surface area contributed by atoms with Crippen LogP contribution in [0.3, 0.4) is 0 Å². The number of allylic oxidation sites excluding steroid dienone is 1. The Hall–Kier alpha value is -0.790. The van der Waals surface area contributed by atoms with Crippen LogP contribution in [-0.4, -0.2) is 12.6 Å². The zero-order valence-electron chi connectivity index (χ0n) is 17.2. The summed E-state index contributed by atoms with van der Waals surface area (Å²) >= 11 is 0. The molecule has 25 heavy (non-hydrogen) atoms. The largest absolute Gasteiger partial charge is 0.465 e. The van der Waals surface area contributed by atoms with Crippen LogP contribution >= 0.6 is 0 Å². The van der Waals surface area contributed by atoms with E-state index in [-0.39, 0.29) is 11.9 Å². The van der Waals surface area contributed by atoms with E-state index >= 15 is 0 Å². The Kier molecular flexibility index (Phi) is 18.9. The predicted molar refractivity (Wildman–Crippen MR) is 110 cm³/mol. The summed E-state index contributed by atoms with van der Waals surface area (Å²) in [5, 5.41) is 0. The van der Waals surface area contributed by atoms with E-state index in [0.29, 0.717) is 6.61 Å². The second kappa shape index (κ2) is 19.5. The molecule has 0 aliphatic carbocycles. The molecule has 2 nitrogen and oxygen atoms in total. The first-order chi connectivity index (χ1) is 12.3. The van der Waals surface area contributed by atoms with Gasteiger partial charge in [-0.15, -0.1) is 6.58 Å². The summed E-state index contributed by atoms with van der Waals surface area (Å²) in [4.78, 5) is 12.4. The first-order valence-corrected chi connectivity index (χ1v) is 11.0. The molecule has 0 saturated carbocycles. The molecule has 0 heterocycles. The fraction of sp³-hybridized carbons (Fsp3) is 0.870. The summed E-state index contributed by atoms with van der Waals surface area (Å²) < 4.78 is 5.51. The lowest BCUT2D eigenvalue weighted by Gasteiger charge is -2.16. The Morgan fingerprint density at radius 2 is 1.28 bits per heavy atom. The lowest BCUT2D eigenvalue weighted by atomic mass is 9.94. The van der Waals surface area contributed by atoms with Crippen molar-refractivity contribution in [3.8, 4) is 0 Å². The van der Waals surface area contributed by atoms with Crippen molar-refractivity contribution in [2.75, 3.05) is 6.61 Å². The Balaban J connectivity index is 4.02. The van der Waals surface area contributed by atoms with Gasteiger partial charge in [-0.3, -0.25) is 4.79 Å². The van der Waals surface area contributed by atoms with E-state index in [9.17, 15) is 4.79 Å². The number of hydrogen-bond donors (Lipinski definition) is 0. The van der Waals surface area contributed by atoms with Crippen molar-refractivity contribution in [3.63, 3.8) is 0 Å². The van der Waals surface area contributed by atoms with Gasteiger partial charge in [-0.25, -0.2) is 0 Å². The van der Waals surface area contributed by atoms with Gasteiger partial charge >= 0.3 is 5.97 Å². The van der Waals surface area contributed by atoms with Gasteiger partial charge in [-0.05, 0) is 25.7 Å². The molecule has 0 radical (unpaired) electrons. The van der Waals surface area contributed by atoms with Crippen LogP contribution in [0, 0.1) is 5.92 Å².